The van der Waals surface area contributed by atoms with Crippen LogP contribution in [-0.4, -0.2) is 62.1 Å². The van der Waals surface area contributed by atoms with Gasteiger partial charge in [0.25, 0.3) is 5.91 Å². The fourth-order valence-electron chi connectivity index (χ4n) is 4.72. The Hall–Kier alpha value is -4.20. The van der Waals surface area contributed by atoms with E-state index >= 15 is 0 Å². The highest BCUT2D eigenvalue weighted by Crippen LogP contribution is 2.26. The number of nitrogens with zero attached hydrogens (tertiary/aromatic N) is 3. The van der Waals surface area contributed by atoms with E-state index in [-0.39, 0.29) is 11.9 Å². The van der Waals surface area contributed by atoms with Gasteiger partial charge in [0.15, 0.2) is 0 Å². The number of urea groups is 1. The van der Waals surface area contributed by atoms with Crippen LogP contribution in [0.5, 0.6) is 11.5 Å². The summed E-state index contributed by atoms with van der Waals surface area (Å²) in [6.45, 7) is 3.95. The summed E-state index contributed by atoms with van der Waals surface area (Å²) in [4.78, 5) is 31.7. The number of nitrogens with one attached hydrogen (secondary N) is 1. The molecule has 0 unspecified atom stereocenters. The minimum atomic E-state index is -0.0970. The molecule has 186 valence electrons. The first-order valence-electron chi connectivity index (χ1n) is 12.0. The van der Waals surface area contributed by atoms with Crippen LogP contribution < -0.4 is 19.7 Å². The second-order valence-electron chi connectivity index (χ2n) is 8.98. The lowest BCUT2D eigenvalue weighted by molar-refractivity contribution is 0.0746. The molecule has 0 radical (unpaired) electrons. The molecule has 3 amide bonds. The molecule has 2 aliphatic heterocycles. The van der Waals surface area contributed by atoms with Gasteiger partial charge in [-0.25, -0.2) is 4.79 Å². The van der Waals surface area contributed by atoms with E-state index in [4.69, 9.17) is 9.47 Å². The average molecular weight is 487 g/mol. The van der Waals surface area contributed by atoms with Crippen LogP contribution in [0.25, 0.3) is 0 Å². The van der Waals surface area contributed by atoms with Crippen LogP contribution in [0.3, 0.4) is 0 Å². The number of carbonyl (C=O) groups excluding carboxylic acids is 2. The third-order valence-corrected chi connectivity index (χ3v) is 6.78. The average Bonchev–Trinajstić information content (AvgIpc) is 3.37. The number of piperazine rings is 1. The van der Waals surface area contributed by atoms with Crippen LogP contribution in [0.1, 0.15) is 21.5 Å². The first-order valence-corrected chi connectivity index (χ1v) is 12.0. The van der Waals surface area contributed by atoms with Crippen LogP contribution in [0, 0.1) is 0 Å². The number of hydrogen-bond acceptors (Lipinski definition) is 5. The SMILES string of the molecule is COc1cc(OC)cc(C(=O)N2CCN(c3ccc(NC(=O)N4Cc5ccccc5C4)cc3)CC2)c1. The van der Waals surface area contributed by atoms with Crippen LogP contribution in [0.15, 0.2) is 66.7 Å². The smallest absolute Gasteiger partial charge is 0.322 e. The molecular formula is C28H30N4O4. The molecule has 0 aromatic heterocycles. The molecule has 36 heavy (non-hydrogen) atoms. The number of ether oxygens (including phenoxy) is 2. The maximum absolute atomic E-state index is 13.1. The van der Waals surface area contributed by atoms with E-state index in [1.165, 1.54) is 11.1 Å². The molecule has 0 bridgehead atoms. The van der Waals surface area contributed by atoms with Crippen LogP contribution in [-0.2, 0) is 13.1 Å². The lowest BCUT2D eigenvalue weighted by Gasteiger charge is -2.36. The van der Waals surface area contributed by atoms with Gasteiger partial charge in [0, 0.05) is 62.3 Å². The van der Waals surface area contributed by atoms with Crippen molar-refractivity contribution in [3.63, 3.8) is 0 Å². The number of rotatable bonds is 5. The summed E-state index contributed by atoms with van der Waals surface area (Å²) < 4.78 is 10.6. The van der Waals surface area contributed by atoms with E-state index < -0.39 is 0 Å². The molecule has 0 atom stereocenters. The maximum Gasteiger partial charge on any atom is 0.322 e. The van der Waals surface area contributed by atoms with Crippen molar-refractivity contribution >= 4 is 23.3 Å². The Morgan fingerprint density at radius 1 is 0.750 bits per heavy atom. The van der Waals surface area contributed by atoms with Crippen molar-refractivity contribution in [3.8, 4) is 11.5 Å². The topological polar surface area (TPSA) is 74.4 Å². The zero-order valence-electron chi connectivity index (χ0n) is 20.6. The number of amides is 3. The predicted octanol–water partition coefficient (Wildman–Crippen LogP) is 4.21. The zero-order valence-corrected chi connectivity index (χ0v) is 20.6. The van der Waals surface area contributed by atoms with Crippen molar-refractivity contribution in [3.05, 3.63) is 83.4 Å². The molecule has 0 saturated carbocycles. The molecule has 8 heteroatoms. The molecule has 1 N–H and O–H groups in total. The summed E-state index contributed by atoms with van der Waals surface area (Å²) in [7, 11) is 3.15. The van der Waals surface area contributed by atoms with Gasteiger partial charge in [-0.3, -0.25) is 4.79 Å². The second-order valence-corrected chi connectivity index (χ2v) is 8.98. The van der Waals surface area contributed by atoms with Crippen molar-refractivity contribution in [2.45, 2.75) is 13.1 Å². The minimum Gasteiger partial charge on any atom is -0.497 e. The number of benzene rings is 3. The van der Waals surface area contributed by atoms with Gasteiger partial charge in [0.05, 0.1) is 14.2 Å². The molecular weight excluding hydrogens is 456 g/mol. The van der Waals surface area contributed by atoms with Crippen LogP contribution >= 0.6 is 0 Å². The van der Waals surface area contributed by atoms with E-state index in [9.17, 15) is 9.59 Å². The van der Waals surface area contributed by atoms with Gasteiger partial charge in [-0.05, 0) is 47.5 Å². The van der Waals surface area contributed by atoms with Crippen molar-refractivity contribution in [1.29, 1.82) is 0 Å². The molecule has 1 fully saturated rings. The number of anilines is 2. The Kier molecular flexibility index (Phi) is 6.66. The van der Waals surface area contributed by atoms with Gasteiger partial charge in [0.1, 0.15) is 11.5 Å². The Morgan fingerprint density at radius 2 is 1.33 bits per heavy atom. The lowest BCUT2D eigenvalue weighted by atomic mass is 10.1. The van der Waals surface area contributed by atoms with E-state index in [0.29, 0.717) is 43.2 Å². The molecule has 5 rings (SSSR count). The fraction of sp³-hybridized carbons (Fsp3) is 0.286. The van der Waals surface area contributed by atoms with E-state index in [1.54, 1.807) is 32.4 Å². The molecule has 2 aliphatic rings. The number of hydrogen-bond donors (Lipinski definition) is 1. The van der Waals surface area contributed by atoms with Crippen molar-refractivity contribution in [2.24, 2.45) is 0 Å². The van der Waals surface area contributed by atoms with E-state index in [1.807, 2.05) is 46.2 Å². The number of fused-ring (bicyclic) bond motifs is 1. The van der Waals surface area contributed by atoms with Gasteiger partial charge < -0.3 is 29.5 Å². The summed E-state index contributed by atoms with van der Waals surface area (Å²) in [6, 6.07) is 21.2. The maximum atomic E-state index is 13.1. The highest BCUT2D eigenvalue weighted by atomic mass is 16.5. The summed E-state index contributed by atoms with van der Waals surface area (Å²) in [5.74, 6) is 1.16. The molecule has 0 spiro atoms. The Morgan fingerprint density at radius 3 is 1.89 bits per heavy atom. The first-order chi connectivity index (χ1) is 17.5. The van der Waals surface area contributed by atoms with Crippen LogP contribution in [0.2, 0.25) is 0 Å². The molecule has 8 nitrogen and oxygen atoms in total. The quantitative estimate of drug-likeness (QED) is 0.585. The highest BCUT2D eigenvalue weighted by molar-refractivity contribution is 5.95. The minimum absolute atomic E-state index is 0.0334. The molecule has 2 heterocycles. The third-order valence-electron chi connectivity index (χ3n) is 6.78. The Bertz CT molecular complexity index is 1210. The largest absolute Gasteiger partial charge is 0.497 e. The third kappa shape index (κ3) is 4.93. The van der Waals surface area contributed by atoms with Gasteiger partial charge in [-0.15, -0.1) is 0 Å². The van der Waals surface area contributed by atoms with Gasteiger partial charge in [-0.2, -0.15) is 0 Å². The molecule has 3 aromatic carbocycles. The Labute approximate surface area is 211 Å². The van der Waals surface area contributed by atoms with Crippen LogP contribution in [0.4, 0.5) is 16.2 Å². The summed E-state index contributed by atoms with van der Waals surface area (Å²) in [5.41, 5.74) is 4.79. The molecule has 3 aromatic rings. The Balaban J connectivity index is 1.15. The molecule has 1 saturated heterocycles. The van der Waals surface area contributed by atoms with E-state index in [2.05, 4.69) is 22.3 Å². The van der Waals surface area contributed by atoms with Crippen molar-refractivity contribution in [1.82, 2.24) is 9.80 Å². The number of methoxy groups -OCH3 is 2. The summed E-state index contributed by atoms with van der Waals surface area (Å²) in [6.07, 6.45) is 0. The van der Waals surface area contributed by atoms with Crippen molar-refractivity contribution < 1.29 is 19.1 Å². The van der Waals surface area contributed by atoms with E-state index in [0.717, 1.165) is 24.5 Å². The lowest BCUT2D eigenvalue weighted by Crippen LogP contribution is -2.48. The summed E-state index contributed by atoms with van der Waals surface area (Å²) in [5, 5.41) is 3.00. The summed E-state index contributed by atoms with van der Waals surface area (Å²) >= 11 is 0. The first kappa shape index (κ1) is 23.5. The fourth-order valence-corrected chi connectivity index (χ4v) is 4.72. The van der Waals surface area contributed by atoms with Crippen molar-refractivity contribution in [2.75, 3.05) is 50.6 Å². The molecule has 0 aliphatic carbocycles. The van der Waals surface area contributed by atoms with Gasteiger partial charge in [0.2, 0.25) is 0 Å². The predicted molar refractivity (Wildman–Crippen MR) is 139 cm³/mol. The van der Waals surface area contributed by atoms with Gasteiger partial charge >= 0.3 is 6.03 Å². The zero-order chi connectivity index (χ0) is 25.1. The highest BCUT2D eigenvalue weighted by Gasteiger charge is 2.24. The normalized spacial score (nSPS) is 14.9. The standard InChI is InChI=1S/C28H30N4O4/c1-35-25-15-22(16-26(17-25)36-2)27(33)31-13-11-30(12-14-31)24-9-7-23(8-10-24)29-28(34)32-18-20-5-3-4-6-21(20)19-32/h3-10,15-17H,11-14,18-19H2,1-2H3,(H,29,34). The number of carbonyl (C=O) groups is 2. The van der Waals surface area contributed by atoms with Gasteiger partial charge in [-0.1, -0.05) is 24.3 Å². The monoisotopic (exact) mass is 486 g/mol. The second kappa shape index (κ2) is 10.2.